The quantitative estimate of drug-likeness (QED) is 0.526. The maximum Gasteiger partial charge on any atom is 0.410 e. The Morgan fingerprint density at radius 2 is 1.25 bits per heavy atom. The first-order valence-corrected chi connectivity index (χ1v) is 9.75. The van der Waals surface area contributed by atoms with E-state index in [0.717, 1.165) is 7.14 Å². The molecule has 6 heteroatoms. The molecule has 0 aliphatic carbocycles. The van der Waals surface area contributed by atoms with Gasteiger partial charge in [0, 0.05) is 0 Å². The molecule has 2 aromatic rings. The number of carbonyl (C=O) groups excluding carboxylic acids is 1. The summed E-state index contributed by atoms with van der Waals surface area (Å²) in [7, 11) is 0. The third-order valence-electron chi connectivity index (χ3n) is 2.24. The zero-order chi connectivity index (χ0) is 14.6. The molecule has 1 radical (unpaired) electrons. The molecule has 0 heterocycles. The summed E-state index contributed by atoms with van der Waals surface area (Å²) >= 11 is 14.3. The Bertz CT molecular complexity index is 530. The Morgan fingerprint density at radius 1 is 0.850 bits per heavy atom. The van der Waals surface area contributed by atoms with Crippen LogP contribution in [0.4, 0.5) is 0 Å². The molecule has 2 nitrogen and oxygen atoms in total. The van der Waals surface area contributed by atoms with Crippen LogP contribution in [0.5, 0.6) is 0 Å². The van der Waals surface area contributed by atoms with Gasteiger partial charge in [0.05, 0.1) is 0 Å². The largest absolute Gasteiger partial charge is 0.410 e. The van der Waals surface area contributed by atoms with Crippen LogP contribution in [0.2, 0.25) is 0 Å². The van der Waals surface area contributed by atoms with E-state index in [2.05, 4.69) is 0 Å². The molecule has 0 aromatic heterocycles. The summed E-state index contributed by atoms with van der Waals surface area (Å²) in [6.07, 6.45) is 0. The third kappa shape index (κ3) is 4.25. The van der Waals surface area contributed by atoms with Crippen LogP contribution in [-0.2, 0) is 7.86 Å². The highest BCUT2D eigenvalue weighted by atomic mass is 127. The zero-order valence-electron chi connectivity index (χ0n) is 10.1. The van der Waals surface area contributed by atoms with Gasteiger partial charge in [-0.2, -0.15) is 0 Å². The van der Waals surface area contributed by atoms with E-state index in [4.69, 9.17) is 37.9 Å². The van der Waals surface area contributed by atoms with Gasteiger partial charge in [-0.3, -0.25) is 0 Å². The van der Waals surface area contributed by atoms with Gasteiger partial charge in [-0.25, -0.2) is 7.86 Å². The molecule has 20 heavy (non-hydrogen) atoms. The van der Waals surface area contributed by atoms with E-state index in [0.29, 0.717) is 0 Å². The van der Waals surface area contributed by atoms with Crippen LogP contribution in [0.3, 0.4) is 0 Å². The SMILES string of the molecule is O=C(O[I+](c1ccccc1)c1ccccc1)C(Cl)(Cl)Cl. The predicted octanol–water partition coefficient (Wildman–Crippen LogP) is 1.18. The van der Waals surface area contributed by atoms with Crippen molar-refractivity contribution in [3.63, 3.8) is 0 Å². The highest BCUT2D eigenvalue weighted by molar-refractivity contribution is 6.75. The first-order valence-electron chi connectivity index (χ1n) is 5.58. The maximum absolute atomic E-state index is 11.8. The van der Waals surface area contributed by atoms with Crippen LogP contribution in [0.15, 0.2) is 60.7 Å². The minimum atomic E-state index is -2.42. The molecule has 0 spiro atoms. The second-order valence-electron chi connectivity index (χ2n) is 3.70. The van der Waals surface area contributed by atoms with Gasteiger partial charge in [0.15, 0.2) is 7.14 Å². The van der Waals surface area contributed by atoms with Crippen LogP contribution in [0.25, 0.3) is 0 Å². The molecule has 0 fully saturated rings. The summed E-state index contributed by atoms with van der Waals surface area (Å²) in [5.74, 6) is -0.833. The number of benzene rings is 2. The molecule has 0 unspecified atom stereocenters. The Hall–Kier alpha value is -0.490. The summed E-state index contributed by atoms with van der Waals surface area (Å²) < 4.78 is 5.38. The molecule has 0 bridgehead atoms. The third-order valence-corrected chi connectivity index (χ3v) is 7.25. The normalized spacial score (nSPS) is 11.4. The van der Waals surface area contributed by atoms with E-state index in [9.17, 15) is 4.79 Å². The molecule has 105 valence electrons. The number of hydrogen-bond donors (Lipinski definition) is 0. The fourth-order valence-corrected chi connectivity index (χ4v) is 5.99. The highest BCUT2D eigenvalue weighted by Gasteiger charge is 2.42. The number of hydrogen-bond acceptors (Lipinski definition) is 2. The van der Waals surface area contributed by atoms with Crippen molar-refractivity contribution in [3.05, 3.63) is 67.8 Å². The summed E-state index contributed by atoms with van der Waals surface area (Å²) in [6.45, 7) is 0. The number of alkyl halides is 3. The highest BCUT2D eigenvalue weighted by Crippen LogP contribution is 2.26. The van der Waals surface area contributed by atoms with Crippen molar-refractivity contribution >= 4 is 40.8 Å². The summed E-state index contributed by atoms with van der Waals surface area (Å²) in [4.78, 5) is 11.8. The molecule has 0 saturated carbocycles. The van der Waals surface area contributed by atoms with Gasteiger partial charge in [-0.1, -0.05) is 71.2 Å². The topological polar surface area (TPSA) is 26.3 Å². The number of halogens is 4. The Labute approximate surface area is 139 Å². The monoisotopic (exact) mass is 442 g/mol. The Balaban J connectivity index is 2.34. The van der Waals surface area contributed by atoms with E-state index in [1.165, 1.54) is 0 Å². The molecule has 0 aliphatic heterocycles. The van der Waals surface area contributed by atoms with Gasteiger partial charge in [0.1, 0.15) is 0 Å². The number of rotatable bonds is 3. The van der Waals surface area contributed by atoms with Crippen molar-refractivity contribution in [3.8, 4) is 0 Å². The van der Waals surface area contributed by atoms with Crippen molar-refractivity contribution < 1.29 is 28.1 Å². The lowest BCUT2D eigenvalue weighted by Gasteiger charge is -2.09. The zero-order valence-corrected chi connectivity index (χ0v) is 14.5. The standard InChI is InChI=1S/C14H10Cl3IO2/c15-14(16,17)13(19)20-18(11-7-3-1-4-8-11)12-9-5-2-6-10-12/h1-10H/q+1. The van der Waals surface area contributed by atoms with E-state index < -0.39 is 30.0 Å². The molecule has 0 amide bonds. The lowest BCUT2D eigenvalue weighted by atomic mass is 10.4. The first kappa shape index (κ1) is 15.9. The van der Waals surface area contributed by atoms with Gasteiger partial charge in [0.2, 0.25) is 0 Å². The van der Waals surface area contributed by atoms with Crippen molar-refractivity contribution in [2.75, 3.05) is 0 Å². The van der Waals surface area contributed by atoms with Crippen molar-refractivity contribution in [2.45, 2.75) is 3.79 Å². The van der Waals surface area contributed by atoms with Crippen molar-refractivity contribution in [1.29, 1.82) is 0 Å². The van der Waals surface area contributed by atoms with Crippen LogP contribution in [0.1, 0.15) is 0 Å². The molecule has 2 aromatic carbocycles. The molecule has 2 rings (SSSR count). The van der Waals surface area contributed by atoms with E-state index in [-0.39, 0.29) is 0 Å². The fourth-order valence-electron chi connectivity index (χ4n) is 1.39. The van der Waals surface area contributed by atoms with Crippen LogP contribution in [-0.4, -0.2) is 9.76 Å². The lowest BCUT2D eigenvalue weighted by Crippen LogP contribution is -3.85. The number of carbonyl (C=O) groups is 1. The smallest absolute Gasteiger partial charge is 0.242 e. The maximum atomic E-state index is 11.8. The summed E-state index contributed by atoms with van der Waals surface area (Å²) in [5, 5.41) is 0. The van der Waals surface area contributed by atoms with Crippen molar-refractivity contribution in [2.24, 2.45) is 0 Å². The predicted molar refractivity (Wildman–Crippen MR) is 76.7 cm³/mol. The fraction of sp³-hybridized carbons (Fsp3) is 0.0714. The van der Waals surface area contributed by atoms with E-state index in [1.54, 1.807) is 0 Å². The van der Waals surface area contributed by atoms with Gasteiger partial charge in [-0.05, 0) is 24.3 Å². The minimum Gasteiger partial charge on any atom is -0.242 e. The lowest BCUT2D eigenvalue weighted by molar-refractivity contribution is -1.04. The van der Waals surface area contributed by atoms with Crippen molar-refractivity contribution in [1.82, 2.24) is 0 Å². The second-order valence-corrected chi connectivity index (χ2v) is 10.3. The Morgan fingerprint density at radius 3 is 1.60 bits per heavy atom. The van der Waals surface area contributed by atoms with Crippen LogP contribution < -0.4 is 20.2 Å². The van der Waals surface area contributed by atoms with Gasteiger partial charge in [0.25, 0.3) is 3.79 Å². The van der Waals surface area contributed by atoms with E-state index >= 15 is 0 Å². The molecular formula is C14H10Cl3IO2+. The van der Waals surface area contributed by atoms with Gasteiger partial charge < -0.3 is 0 Å². The average molecular weight is 443 g/mol. The van der Waals surface area contributed by atoms with E-state index in [1.807, 2.05) is 60.7 Å². The molecule has 0 aliphatic rings. The second kappa shape index (κ2) is 6.98. The molecular weight excluding hydrogens is 433 g/mol. The van der Waals surface area contributed by atoms with Gasteiger partial charge in [-0.15, -0.1) is 0 Å². The minimum absolute atomic E-state index is 0.833. The van der Waals surface area contributed by atoms with Crippen LogP contribution in [0, 0.1) is 7.14 Å². The summed E-state index contributed by atoms with van der Waals surface area (Å²) in [5.41, 5.74) is 0. The average Bonchev–Trinajstić information content (AvgIpc) is 2.45. The Kier molecular flexibility index (Phi) is 5.55. The summed E-state index contributed by atoms with van der Waals surface area (Å²) in [6, 6.07) is 19.1. The molecule has 0 atom stereocenters. The molecule has 0 saturated heterocycles. The van der Waals surface area contributed by atoms with Crippen LogP contribution >= 0.6 is 34.8 Å². The molecule has 0 N–H and O–H groups in total. The van der Waals surface area contributed by atoms with Gasteiger partial charge >= 0.3 is 26.2 Å². The first-order chi connectivity index (χ1) is 9.48.